The fourth-order valence-corrected chi connectivity index (χ4v) is 3.84. The van der Waals surface area contributed by atoms with Crippen LogP contribution < -0.4 is 5.32 Å². The summed E-state index contributed by atoms with van der Waals surface area (Å²) in [5, 5.41) is 13.3. The number of aliphatic hydroxyl groups excluding tert-OH is 1. The van der Waals surface area contributed by atoms with Crippen molar-refractivity contribution in [1.29, 1.82) is 0 Å². The highest BCUT2D eigenvalue weighted by molar-refractivity contribution is 7.99. The first kappa shape index (κ1) is 15.3. The first-order chi connectivity index (χ1) is 7.97. The lowest BCUT2D eigenvalue weighted by atomic mass is 9.82. The second-order valence-electron chi connectivity index (χ2n) is 6.33. The molecular weight excluding hydrogens is 230 g/mol. The molecule has 1 fully saturated rings. The second kappa shape index (κ2) is 6.44. The molecule has 0 bridgehead atoms. The molecule has 1 unspecified atom stereocenters. The summed E-state index contributed by atoms with van der Waals surface area (Å²) in [7, 11) is 0. The number of hydrogen-bond donors (Lipinski definition) is 2. The Kier molecular flexibility index (Phi) is 5.81. The Morgan fingerprint density at radius 2 is 2.00 bits per heavy atom. The number of rotatable bonds is 6. The average Bonchev–Trinajstić information content (AvgIpc) is 2.30. The van der Waals surface area contributed by atoms with Gasteiger partial charge in [-0.1, -0.05) is 27.7 Å². The summed E-state index contributed by atoms with van der Waals surface area (Å²) in [5.74, 6) is 2.50. The Morgan fingerprint density at radius 1 is 1.35 bits per heavy atom. The molecule has 102 valence electrons. The predicted octanol–water partition coefficient (Wildman–Crippen LogP) is 2.91. The Morgan fingerprint density at radius 3 is 2.47 bits per heavy atom. The van der Waals surface area contributed by atoms with E-state index in [2.05, 4.69) is 44.8 Å². The van der Waals surface area contributed by atoms with Gasteiger partial charge in [-0.15, -0.1) is 0 Å². The molecule has 1 atom stereocenters. The van der Waals surface area contributed by atoms with E-state index in [1.54, 1.807) is 0 Å². The molecule has 1 aliphatic heterocycles. The molecule has 1 saturated heterocycles. The van der Waals surface area contributed by atoms with E-state index in [-0.39, 0.29) is 5.41 Å². The lowest BCUT2D eigenvalue weighted by Crippen LogP contribution is -2.46. The van der Waals surface area contributed by atoms with Crippen LogP contribution in [0.3, 0.4) is 0 Å². The standard InChI is InChI=1S/C14H29NOS/c1-5-14(6-2,10-16)9-15-12-7-13(3,4)11-17-8-12/h12,15-16H,5-11H2,1-4H3. The van der Waals surface area contributed by atoms with E-state index >= 15 is 0 Å². The summed E-state index contributed by atoms with van der Waals surface area (Å²) < 4.78 is 0. The zero-order valence-corrected chi connectivity index (χ0v) is 12.7. The van der Waals surface area contributed by atoms with Gasteiger partial charge in [0.2, 0.25) is 0 Å². The third kappa shape index (κ3) is 4.46. The minimum atomic E-state index is 0.0895. The minimum Gasteiger partial charge on any atom is -0.396 e. The quantitative estimate of drug-likeness (QED) is 0.769. The van der Waals surface area contributed by atoms with Crippen LogP contribution in [0.1, 0.15) is 47.0 Å². The van der Waals surface area contributed by atoms with Gasteiger partial charge in [-0.25, -0.2) is 0 Å². The smallest absolute Gasteiger partial charge is 0.0499 e. The van der Waals surface area contributed by atoms with Crippen molar-refractivity contribution >= 4 is 11.8 Å². The zero-order chi connectivity index (χ0) is 12.9. The first-order valence-corrected chi connectivity index (χ1v) is 8.04. The molecule has 3 heteroatoms. The van der Waals surface area contributed by atoms with Crippen LogP contribution >= 0.6 is 11.8 Å². The SMILES string of the molecule is CCC(CC)(CO)CNC1CSCC(C)(C)C1. The molecule has 0 radical (unpaired) electrons. The first-order valence-electron chi connectivity index (χ1n) is 6.89. The van der Waals surface area contributed by atoms with E-state index in [0.29, 0.717) is 18.1 Å². The predicted molar refractivity (Wildman–Crippen MR) is 77.6 cm³/mol. The van der Waals surface area contributed by atoms with Gasteiger partial charge in [-0.3, -0.25) is 0 Å². The summed E-state index contributed by atoms with van der Waals surface area (Å²) >= 11 is 2.06. The van der Waals surface area contributed by atoms with Crippen LogP contribution in [-0.2, 0) is 0 Å². The lowest BCUT2D eigenvalue weighted by Gasteiger charge is -2.38. The summed E-state index contributed by atoms with van der Waals surface area (Å²) in [6.45, 7) is 10.3. The van der Waals surface area contributed by atoms with Crippen LogP contribution in [0, 0.1) is 10.8 Å². The average molecular weight is 259 g/mol. The fraction of sp³-hybridized carbons (Fsp3) is 1.00. The highest BCUT2D eigenvalue weighted by Crippen LogP contribution is 2.34. The molecule has 0 saturated carbocycles. The summed E-state index contributed by atoms with van der Waals surface area (Å²) in [6.07, 6.45) is 3.36. The maximum Gasteiger partial charge on any atom is 0.0499 e. The van der Waals surface area contributed by atoms with Gasteiger partial charge >= 0.3 is 0 Å². The molecule has 2 nitrogen and oxygen atoms in total. The lowest BCUT2D eigenvalue weighted by molar-refractivity contribution is 0.108. The summed E-state index contributed by atoms with van der Waals surface area (Å²) in [5.41, 5.74) is 0.549. The van der Waals surface area contributed by atoms with Crippen molar-refractivity contribution in [2.75, 3.05) is 24.7 Å². The number of hydrogen-bond acceptors (Lipinski definition) is 3. The number of nitrogens with one attached hydrogen (secondary N) is 1. The molecular formula is C14H29NOS. The van der Waals surface area contributed by atoms with Crippen molar-refractivity contribution in [2.45, 2.75) is 53.0 Å². The molecule has 1 rings (SSSR count). The molecule has 0 spiro atoms. The van der Waals surface area contributed by atoms with Crippen LogP contribution in [0.5, 0.6) is 0 Å². The molecule has 1 heterocycles. The van der Waals surface area contributed by atoms with Gasteiger partial charge in [-0.2, -0.15) is 11.8 Å². The van der Waals surface area contributed by atoms with Gasteiger partial charge < -0.3 is 10.4 Å². The topological polar surface area (TPSA) is 32.3 Å². The highest BCUT2D eigenvalue weighted by Gasteiger charge is 2.31. The monoisotopic (exact) mass is 259 g/mol. The van der Waals surface area contributed by atoms with Gasteiger partial charge in [0.1, 0.15) is 0 Å². The van der Waals surface area contributed by atoms with E-state index in [4.69, 9.17) is 0 Å². The van der Waals surface area contributed by atoms with Crippen LogP contribution in [0.25, 0.3) is 0 Å². The van der Waals surface area contributed by atoms with Crippen molar-refractivity contribution < 1.29 is 5.11 Å². The summed E-state index contributed by atoms with van der Waals surface area (Å²) in [4.78, 5) is 0. The van der Waals surface area contributed by atoms with E-state index in [1.165, 1.54) is 17.9 Å². The van der Waals surface area contributed by atoms with Crippen molar-refractivity contribution in [3.63, 3.8) is 0 Å². The molecule has 1 aliphatic rings. The van der Waals surface area contributed by atoms with Crippen LogP contribution in [0.4, 0.5) is 0 Å². The van der Waals surface area contributed by atoms with E-state index < -0.39 is 0 Å². The van der Waals surface area contributed by atoms with Crippen LogP contribution in [-0.4, -0.2) is 35.8 Å². The van der Waals surface area contributed by atoms with Crippen LogP contribution in [0.2, 0.25) is 0 Å². The van der Waals surface area contributed by atoms with Crippen molar-refractivity contribution in [2.24, 2.45) is 10.8 Å². The maximum atomic E-state index is 9.56. The third-order valence-corrected chi connectivity index (χ3v) is 5.84. The number of thioether (sulfide) groups is 1. The van der Waals surface area contributed by atoms with Gasteiger partial charge in [-0.05, 0) is 30.4 Å². The Bertz CT molecular complexity index is 218. The molecule has 17 heavy (non-hydrogen) atoms. The van der Waals surface area contributed by atoms with Crippen LogP contribution in [0.15, 0.2) is 0 Å². The molecule has 0 aromatic rings. The number of aliphatic hydroxyl groups is 1. The maximum absolute atomic E-state index is 9.56. The minimum absolute atomic E-state index is 0.0895. The van der Waals surface area contributed by atoms with E-state index in [9.17, 15) is 5.11 Å². The van der Waals surface area contributed by atoms with E-state index in [0.717, 1.165) is 19.4 Å². The normalized spacial score (nSPS) is 24.9. The van der Waals surface area contributed by atoms with Gasteiger partial charge in [0.25, 0.3) is 0 Å². The van der Waals surface area contributed by atoms with Gasteiger partial charge in [0.05, 0.1) is 0 Å². The largest absolute Gasteiger partial charge is 0.396 e. The Balaban J connectivity index is 2.44. The Labute approximate surface area is 111 Å². The highest BCUT2D eigenvalue weighted by atomic mass is 32.2. The molecule has 0 aliphatic carbocycles. The fourth-order valence-electron chi connectivity index (χ4n) is 2.53. The van der Waals surface area contributed by atoms with Crippen molar-refractivity contribution in [3.8, 4) is 0 Å². The Hall–Kier alpha value is 0.270. The molecule has 0 aromatic carbocycles. The van der Waals surface area contributed by atoms with E-state index in [1.807, 2.05) is 0 Å². The van der Waals surface area contributed by atoms with Crippen molar-refractivity contribution in [1.82, 2.24) is 5.32 Å². The molecule has 0 amide bonds. The van der Waals surface area contributed by atoms with Crippen molar-refractivity contribution in [3.05, 3.63) is 0 Å². The second-order valence-corrected chi connectivity index (χ2v) is 7.36. The zero-order valence-electron chi connectivity index (χ0n) is 11.9. The third-order valence-electron chi connectivity index (χ3n) is 4.21. The summed E-state index contributed by atoms with van der Waals surface area (Å²) in [6, 6.07) is 0.618. The molecule has 2 N–H and O–H groups in total. The van der Waals surface area contributed by atoms with Gasteiger partial charge in [0, 0.05) is 30.4 Å². The van der Waals surface area contributed by atoms with Gasteiger partial charge in [0.15, 0.2) is 0 Å². The molecule has 0 aromatic heterocycles.